The lowest BCUT2D eigenvalue weighted by atomic mass is 9.86. The Bertz CT molecular complexity index is 639. The van der Waals surface area contributed by atoms with E-state index in [1.807, 2.05) is 6.07 Å². The first-order valence-electron chi connectivity index (χ1n) is 8.23. The highest BCUT2D eigenvalue weighted by atomic mass is 16.5. The molecule has 0 radical (unpaired) electrons. The number of carbonyl (C=O) groups excluding carboxylic acids is 1. The SMILES string of the molecule is COc1cc(/C=C(\C#N)C(=O)N[C@H]2CCCC[C@@H]2C)cc(OC)c1. The van der Waals surface area contributed by atoms with Gasteiger partial charge in [0.2, 0.25) is 0 Å². The molecule has 0 heterocycles. The third-order valence-electron chi connectivity index (χ3n) is 4.48. The standard InChI is InChI=1S/C19H24N2O3/c1-13-6-4-5-7-18(13)21-19(22)15(12-20)8-14-9-16(23-2)11-17(10-14)24-3/h8-11,13,18H,4-7H2,1-3H3,(H,21,22)/b15-8+/t13-,18-/m0/s1. The van der Waals surface area contributed by atoms with Gasteiger partial charge in [0.05, 0.1) is 14.2 Å². The first-order chi connectivity index (χ1) is 11.6. The second-order valence-corrected chi connectivity index (χ2v) is 6.16. The van der Waals surface area contributed by atoms with Gasteiger partial charge < -0.3 is 14.8 Å². The molecule has 5 nitrogen and oxygen atoms in total. The summed E-state index contributed by atoms with van der Waals surface area (Å²) in [5.41, 5.74) is 0.776. The first kappa shape index (κ1) is 17.9. The summed E-state index contributed by atoms with van der Waals surface area (Å²) >= 11 is 0. The molecule has 1 aromatic rings. The van der Waals surface area contributed by atoms with Crippen LogP contribution in [0.15, 0.2) is 23.8 Å². The molecule has 2 atom stereocenters. The fourth-order valence-corrected chi connectivity index (χ4v) is 3.00. The Morgan fingerprint density at radius 2 is 1.83 bits per heavy atom. The van der Waals surface area contributed by atoms with Crippen molar-refractivity contribution < 1.29 is 14.3 Å². The monoisotopic (exact) mass is 328 g/mol. The van der Waals surface area contributed by atoms with Crippen molar-refractivity contribution in [3.8, 4) is 17.6 Å². The van der Waals surface area contributed by atoms with Crippen LogP contribution < -0.4 is 14.8 Å². The van der Waals surface area contributed by atoms with Gasteiger partial charge in [-0.05, 0) is 42.5 Å². The molecule has 24 heavy (non-hydrogen) atoms. The van der Waals surface area contributed by atoms with Crippen molar-refractivity contribution in [2.75, 3.05) is 14.2 Å². The quantitative estimate of drug-likeness (QED) is 0.665. The first-order valence-corrected chi connectivity index (χ1v) is 8.23. The number of rotatable bonds is 5. The Balaban J connectivity index is 2.19. The second kappa shape index (κ2) is 8.39. The van der Waals surface area contributed by atoms with E-state index in [1.165, 1.54) is 6.42 Å². The number of benzene rings is 1. The zero-order valence-corrected chi connectivity index (χ0v) is 14.5. The van der Waals surface area contributed by atoms with Crippen molar-refractivity contribution in [2.45, 2.75) is 38.6 Å². The third-order valence-corrected chi connectivity index (χ3v) is 4.48. The summed E-state index contributed by atoms with van der Waals surface area (Å²) in [6.45, 7) is 2.15. The van der Waals surface area contributed by atoms with Gasteiger partial charge in [0.15, 0.2) is 0 Å². The summed E-state index contributed by atoms with van der Waals surface area (Å²) in [4.78, 5) is 12.4. The van der Waals surface area contributed by atoms with Crippen molar-refractivity contribution in [2.24, 2.45) is 5.92 Å². The van der Waals surface area contributed by atoms with E-state index in [2.05, 4.69) is 12.2 Å². The summed E-state index contributed by atoms with van der Waals surface area (Å²) < 4.78 is 10.4. The highest BCUT2D eigenvalue weighted by Gasteiger charge is 2.24. The smallest absolute Gasteiger partial charge is 0.262 e. The van der Waals surface area contributed by atoms with E-state index >= 15 is 0 Å². The van der Waals surface area contributed by atoms with E-state index in [9.17, 15) is 10.1 Å². The van der Waals surface area contributed by atoms with E-state index in [4.69, 9.17) is 9.47 Å². The zero-order chi connectivity index (χ0) is 17.5. The average Bonchev–Trinajstić information content (AvgIpc) is 2.61. The summed E-state index contributed by atoms with van der Waals surface area (Å²) in [7, 11) is 3.12. The maximum absolute atomic E-state index is 12.4. The van der Waals surface area contributed by atoms with E-state index in [0.717, 1.165) is 19.3 Å². The molecule has 1 aliphatic rings. The summed E-state index contributed by atoms with van der Waals surface area (Å²) in [5.74, 6) is 1.34. The Morgan fingerprint density at radius 3 is 2.38 bits per heavy atom. The molecule has 1 aromatic carbocycles. The van der Waals surface area contributed by atoms with Crippen LogP contribution in [-0.4, -0.2) is 26.2 Å². The third kappa shape index (κ3) is 4.51. The number of carbonyl (C=O) groups is 1. The van der Waals surface area contributed by atoms with Gasteiger partial charge in [-0.15, -0.1) is 0 Å². The molecule has 0 saturated heterocycles. The molecule has 0 aromatic heterocycles. The van der Waals surface area contributed by atoms with Gasteiger partial charge in [-0.25, -0.2) is 0 Å². The van der Waals surface area contributed by atoms with Crippen LogP contribution in [0.1, 0.15) is 38.2 Å². The van der Waals surface area contributed by atoms with Gasteiger partial charge in [0.1, 0.15) is 23.1 Å². The van der Waals surface area contributed by atoms with Crippen LogP contribution in [0.5, 0.6) is 11.5 Å². The minimum Gasteiger partial charge on any atom is -0.497 e. The molecule has 0 spiro atoms. The number of ether oxygens (including phenoxy) is 2. The molecular weight excluding hydrogens is 304 g/mol. The van der Waals surface area contributed by atoms with Crippen molar-refractivity contribution in [1.82, 2.24) is 5.32 Å². The number of nitriles is 1. The van der Waals surface area contributed by atoms with Crippen LogP contribution >= 0.6 is 0 Å². The Morgan fingerprint density at radius 1 is 1.21 bits per heavy atom. The van der Waals surface area contributed by atoms with Gasteiger partial charge in [-0.2, -0.15) is 5.26 Å². The predicted octanol–water partition coefficient (Wildman–Crippen LogP) is 3.31. The van der Waals surface area contributed by atoms with Crippen LogP contribution in [0.25, 0.3) is 6.08 Å². The van der Waals surface area contributed by atoms with Crippen LogP contribution in [0, 0.1) is 17.2 Å². The number of hydrogen-bond acceptors (Lipinski definition) is 4. The summed E-state index contributed by atoms with van der Waals surface area (Å²) in [6, 6.07) is 7.40. The number of methoxy groups -OCH3 is 2. The average molecular weight is 328 g/mol. The van der Waals surface area contributed by atoms with Gasteiger partial charge in [-0.1, -0.05) is 19.8 Å². The molecule has 2 rings (SSSR count). The maximum Gasteiger partial charge on any atom is 0.262 e. The van der Waals surface area contributed by atoms with E-state index in [-0.39, 0.29) is 17.5 Å². The lowest BCUT2D eigenvalue weighted by Crippen LogP contribution is -2.41. The van der Waals surface area contributed by atoms with Crippen molar-refractivity contribution in [3.63, 3.8) is 0 Å². The minimum atomic E-state index is -0.321. The second-order valence-electron chi connectivity index (χ2n) is 6.16. The minimum absolute atomic E-state index is 0.0862. The normalized spacial score (nSPS) is 20.8. The van der Waals surface area contributed by atoms with Crippen molar-refractivity contribution in [3.05, 3.63) is 29.3 Å². The number of amides is 1. The van der Waals surface area contributed by atoms with Gasteiger partial charge in [-0.3, -0.25) is 4.79 Å². The molecule has 0 unspecified atom stereocenters. The number of nitrogens with zero attached hydrogens (tertiary/aromatic N) is 1. The number of hydrogen-bond donors (Lipinski definition) is 1. The molecule has 1 saturated carbocycles. The Kier molecular flexibility index (Phi) is 6.25. The topological polar surface area (TPSA) is 71.3 Å². The molecule has 1 fully saturated rings. The van der Waals surface area contributed by atoms with E-state index in [0.29, 0.717) is 23.0 Å². The highest BCUT2D eigenvalue weighted by molar-refractivity contribution is 6.01. The van der Waals surface area contributed by atoms with E-state index in [1.54, 1.807) is 38.5 Å². The van der Waals surface area contributed by atoms with Crippen LogP contribution in [0.4, 0.5) is 0 Å². The zero-order valence-electron chi connectivity index (χ0n) is 14.5. The van der Waals surface area contributed by atoms with Gasteiger partial charge in [0.25, 0.3) is 5.91 Å². The maximum atomic E-state index is 12.4. The Hall–Kier alpha value is -2.48. The molecule has 0 aliphatic heterocycles. The highest BCUT2D eigenvalue weighted by Crippen LogP contribution is 2.25. The Labute approximate surface area is 143 Å². The molecule has 0 bridgehead atoms. The van der Waals surface area contributed by atoms with Gasteiger partial charge in [0, 0.05) is 12.1 Å². The molecular formula is C19H24N2O3. The molecule has 1 N–H and O–H groups in total. The van der Waals surface area contributed by atoms with Crippen LogP contribution in [0.2, 0.25) is 0 Å². The predicted molar refractivity (Wildman–Crippen MR) is 92.7 cm³/mol. The molecule has 1 amide bonds. The fraction of sp³-hybridized carbons (Fsp3) is 0.474. The fourth-order valence-electron chi connectivity index (χ4n) is 3.00. The largest absolute Gasteiger partial charge is 0.497 e. The lowest BCUT2D eigenvalue weighted by molar-refractivity contribution is -0.118. The molecule has 5 heteroatoms. The van der Waals surface area contributed by atoms with Crippen molar-refractivity contribution >= 4 is 12.0 Å². The van der Waals surface area contributed by atoms with Crippen LogP contribution in [-0.2, 0) is 4.79 Å². The molecule has 128 valence electrons. The number of nitrogens with one attached hydrogen (secondary N) is 1. The van der Waals surface area contributed by atoms with Crippen molar-refractivity contribution in [1.29, 1.82) is 5.26 Å². The summed E-state index contributed by atoms with van der Waals surface area (Å²) in [6.07, 6.45) is 5.97. The summed E-state index contributed by atoms with van der Waals surface area (Å²) in [5, 5.41) is 12.4. The van der Waals surface area contributed by atoms with Crippen LogP contribution in [0.3, 0.4) is 0 Å². The van der Waals surface area contributed by atoms with E-state index < -0.39 is 0 Å². The van der Waals surface area contributed by atoms with Gasteiger partial charge >= 0.3 is 0 Å². The lowest BCUT2D eigenvalue weighted by Gasteiger charge is -2.29. The molecule has 1 aliphatic carbocycles.